The molecule has 2 aromatic heterocycles. The lowest BCUT2D eigenvalue weighted by molar-refractivity contribution is -0.137. The summed E-state index contributed by atoms with van der Waals surface area (Å²) in [5.74, 6) is -0.497. The van der Waals surface area contributed by atoms with Gasteiger partial charge in [-0.3, -0.25) is 20.0 Å². The van der Waals surface area contributed by atoms with Crippen molar-refractivity contribution in [1.29, 1.82) is 0 Å². The van der Waals surface area contributed by atoms with Gasteiger partial charge in [0.25, 0.3) is 5.91 Å². The summed E-state index contributed by atoms with van der Waals surface area (Å²) in [5.41, 5.74) is 1.12. The van der Waals surface area contributed by atoms with E-state index in [0.29, 0.717) is 16.7 Å². The minimum Gasteiger partial charge on any atom is -0.298 e. The molecular weight excluding hydrogens is 449 g/mol. The number of nitrogens with zero attached hydrogens (tertiary/aromatic N) is 3. The molecule has 1 N–H and O–H groups in total. The molecular formula is C21H18ClF3N4OS. The fourth-order valence-electron chi connectivity index (χ4n) is 3.53. The summed E-state index contributed by atoms with van der Waals surface area (Å²) in [4.78, 5) is 23.6. The Bertz CT molecular complexity index is 1050. The Morgan fingerprint density at radius 2 is 2.00 bits per heavy atom. The molecule has 1 fully saturated rings. The lowest BCUT2D eigenvalue weighted by Gasteiger charge is -2.22. The van der Waals surface area contributed by atoms with E-state index in [1.54, 1.807) is 6.20 Å². The number of hydrogen-bond donors (Lipinski definition) is 1. The number of nitrogens with one attached hydrogen (secondary N) is 1. The molecule has 3 aromatic rings. The van der Waals surface area contributed by atoms with Crippen molar-refractivity contribution < 1.29 is 18.0 Å². The van der Waals surface area contributed by atoms with Gasteiger partial charge in [-0.1, -0.05) is 11.6 Å². The van der Waals surface area contributed by atoms with Gasteiger partial charge in [0.2, 0.25) is 0 Å². The number of thiazole rings is 1. The molecule has 4 rings (SSSR count). The van der Waals surface area contributed by atoms with E-state index in [1.807, 2.05) is 17.5 Å². The molecule has 0 spiro atoms. The standard InChI is InChI=1S/C21H18ClF3N4OS/c22-15-7-8-16(26-10-15)11-29-9-1-2-18(29)17-12-31-20(27-17)28-19(30)13-3-5-14(6-4-13)21(23,24)25/h3-8,10,12,18H,1-2,9,11H2,(H,27,28,30)/t18-/m1/s1. The summed E-state index contributed by atoms with van der Waals surface area (Å²) < 4.78 is 38.0. The Hall–Kier alpha value is -2.49. The number of carbonyl (C=O) groups is 1. The Morgan fingerprint density at radius 1 is 1.23 bits per heavy atom. The van der Waals surface area contributed by atoms with E-state index in [-0.39, 0.29) is 11.6 Å². The van der Waals surface area contributed by atoms with Gasteiger partial charge in [0.05, 0.1) is 28.0 Å². The van der Waals surface area contributed by atoms with Crippen molar-refractivity contribution in [2.45, 2.75) is 31.6 Å². The number of alkyl halides is 3. The number of hydrogen-bond acceptors (Lipinski definition) is 5. The number of aromatic nitrogens is 2. The molecule has 0 unspecified atom stereocenters. The molecule has 162 valence electrons. The van der Waals surface area contributed by atoms with Gasteiger partial charge in [0.15, 0.2) is 5.13 Å². The van der Waals surface area contributed by atoms with Crippen LogP contribution in [0, 0.1) is 0 Å². The molecule has 0 aliphatic carbocycles. The van der Waals surface area contributed by atoms with E-state index >= 15 is 0 Å². The molecule has 0 radical (unpaired) electrons. The summed E-state index contributed by atoms with van der Waals surface area (Å²) in [6.07, 6.45) is -0.833. The summed E-state index contributed by atoms with van der Waals surface area (Å²) in [6.45, 7) is 1.59. The van der Waals surface area contributed by atoms with E-state index < -0.39 is 17.6 Å². The van der Waals surface area contributed by atoms with Crippen molar-refractivity contribution >= 4 is 34.0 Å². The summed E-state index contributed by atoms with van der Waals surface area (Å²) >= 11 is 7.19. The highest BCUT2D eigenvalue weighted by atomic mass is 35.5. The summed E-state index contributed by atoms with van der Waals surface area (Å²) in [6, 6.07) is 7.92. The van der Waals surface area contributed by atoms with E-state index in [2.05, 4.69) is 20.2 Å². The molecule has 10 heteroatoms. The Morgan fingerprint density at radius 3 is 2.68 bits per heavy atom. The molecule has 3 heterocycles. The van der Waals surface area contributed by atoms with Gasteiger partial charge < -0.3 is 0 Å². The molecule has 31 heavy (non-hydrogen) atoms. The molecule has 1 aliphatic rings. The van der Waals surface area contributed by atoms with Crippen molar-refractivity contribution in [3.05, 3.63) is 75.5 Å². The molecule has 1 aliphatic heterocycles. The third-order valence-electron chi connectivity index (χ3n) is 5.08. The number of rotatable bonds is 5. The van der Waals surface area contributed by atoms with Crippen molar-refractivity contribution in [1.82, 2.24) is 14.9 Å². The van der Waals surface area contributed by atoms with Crippen LogP contribution in [0.3, 0.4) is 0 Å². The number of pyridine rings is 1. The van der Waals surface area contributed by atoms with Gasteiger partial charge in [0.1, 0.15) is 0 Å². The SMILES string of the molecule is O=C(Nc1nc([C@H]2CCCN2Cc2ccc(Cl)cn2)cs1)c1ccc(C(F)(F)F)cc1. The molecule has 1 saturated heterocycles. The number of carbonyl (C=O) groups excluding carboxylic acids is 1. The molecule has 0 bridgehead atoms. The number of amides is 1. The topological polar surface area (TPSA) is 58.1 Å². The second-order valence-corrected chi connectivity index (χ2v) is 8.50. The number of anilines is 1. The fraction of sp³-hybridized carbons (Fsp3) is 0.286. The van der Waals surface area contributed by atoms with Crippen LogP contribution in [0.25, 0.3) is 0 Å². The molecule has 5 nitrogen and oxygen atoms in total. The minimum absolute atomic E-state index is 0.116. The van der Waals surface area contributed by atoms with Crippen molar-refractivity contribution in [3.63, 3.8) is 0 Å². The Balaban J connectivity index is 1.41. The lowest BCUT2D eigenvalue weighted by atomic mass is 10.1. The van der Waals surface area contributed by atoms with Crippen LogP contribution in [-0.4, -0.2) is 27.3 Å². The Labute approximate surface area is 185 Å². The lowest BCUT2D eigenvalue weighted by Crippen LogP contribution is -2.23. The molecule has 1 atom stereocenters. The molecule has 0 saturated carbocycles. The van der Waals surface area contributed by atoms with Crippen LogP contribution in [0.1, 0.15) is 46.2 Å². The van der Waals surface area contributed by atoms with Gasteiger partial charge in [-0.05, 0) is 55.8 Å². The van der Waals surface area contributed by atoms with E-state index in [0.717, 1.165) is 55.0 Å². The Kier molecular flexibility index (Phi) is 6.27. The first-order chi connectivity index (χ1) is 14.8. The van der Waals surface area contributed by atoms with E-state index in [4.69, 9.17) is 11.6 Å². The van der Waals surface area contributed by atoms with Crippen molar-refractivity contribution in [3.8, 4) is 0 Å². The number of likely N-dealkylation sites (tertiary alicyclic amines) is 1. The van der Waals surface area contributed by atoms with Crippen LogP contribution < -0.4 is 5.32 Å². The fourth-order valence-corrected chi connectivity index (χ4v) is 4.40. The second kappa shape index (κ2) is 8.94. The van der Waals surface area contributed by atoms with Crippen LogP contribution in [0.4, 0.5) is 18.3 Å². The maximum Gasteiger partial charge on any atom is 0.416 e. The maximum atomic E-state index is 12.7. The van der Waals surface area contributed by atoms with Gasteiger partial charge in [-0.2, -0.15) is 13.2 Å². The van der Waals surface area contributed by atoms with Crippen LogP contribution >= 0.6 is 22.9 Å². The zero-order chi connectivity index (χ0) is 22.0. The first kappa shape index (κ1) is 21.7. The van der Waals surface area contributed by atoms with E-state index in [9.17, 15) is 18.0 Å². The number of benzene rings is 1. The second-order valence-electron chi connectivity index (χ2n) is 7.20. The third kappa shape index (κ3) is 5.23. The van der Waals surface area contributed by atoms with Crippen LogP contribution in [0.15, 0.2) is 48.0 Å². The normalized spacial score (nSPS) is 17.1. The zero-order valence-electron chi connectivity index (χ0n) is 16.2. The van der Waals surface area contributed by atoms with E-state index in [1.165, 1.54) is 11.3 Å². The quantitative estimate of drug-likeness (QED) is 0.516. The number of halogens is 4. The first-order valence-electron chi connectivity index (χ1n) is 9.58. The highest BCUT2D eigenvalue weighted by Gasteiger charge is 2.30. The predicted molar refractivity (Wildman–Crippen MR) is 113 cm³/mol. The minimum atomic E-state index is -4.44. The average Bonchev–Trinajstić information content (AvgIpc) is 3.38. The highest BCUT2D eigenvalue weighted by molar-refractivity contribution is 7.14. The van der Waals surface area contributed by atoms with Crippen molar-refractivity contribution in [2.24, 2.45) is 0 Å². The maximum absolute atomic E-state index is 12.7. The summed E-state index contributed by atoms with van der Waals surface area (Å²) in [5, 5.41) is 5.58. The summed E-state index contributed by atoms with van der Waals surface area (Å²) in [7, 11) is 0. The zero-order valence-corrected chi connectivity index (χ0v) is 17.8. The monoisotopic (exact) mass is 466 g/mol. The molecule has 1 amide bonds. The predicted octanol–water partition coefficient (Wildman–Crippen LogP) is 5.80. The highest BCUT2D eigenvalue weighted by Crippen LogP contribution is 2.35. The van der Waals surface area contributed by atoms with Gasteiger partial charge in [-0.15, -0.1) is 11.3 Å². The molecule has 1 aromatic carbocycles. The van der Waals surface area contributed by atoms with Crippen LogP contribution in [0.5, 0.6) is 0 Å². The smallest absolute Gasteiger partial charge is 0.298 e. The van der Waals surface area contributed by atoms with Crippen molar-refractivity contribution in [2.75, 3.05) is 11.9 Å². The van der Waals surface area contributed by atoms with Gasteiger partial charge in [0, 0.05) is 23.7 Å². The first-order valence-corrected chi connectivity index (χ1v) is 10.8. The van der Waals surface area contributed by atoms with Gasteiger partial charge in [-0.25, -0.2) is 4.98 Å². The van der Waals surface area contributed by atoms with Gasteiger partial charge >= 0.3 is 6.18 Å². The third-order valence-corrected chi connectivity index (χ3v) is 6.08. The van der Waals surface area contributed by atoms with Crippen LogP contribution in [0.2, 0.25) is 5.02 Å². The largest absolute Gasteiger partial charge is 0.416 e. The average molecular weight is 467 g/mol. The van der Waals surface area contributed by atoms with Crippen LogP contribution in [-0.2, 0) is 12.7 Å².